The molecule has 0 N–H and O–H groups in total. The van der Waals surface area contributed by atoms with Crippen molar-refractivity contribution in [1.29, 1.82) is 0 Å². The first-order valence-electron chi connectivity index (χ1n) is 7.04. The molecule has 0 amide bonds. The smallest absolute Gasteiger partial charge is 0.271 e. The highest BCUT2D eigenvalue weighted by Gasteiger charge is 2.19. The van der Waals surface area contributed by atoms with E-state index in [4.69, 9.17) is 11.6 Å². The van der Waals surface area contributed by atoms with Gasteiger partial charge in [-0.1, -0.05) is 38.3 Å². The van der Waals surface area contributed by atoms with E-state index in [1.807, 2.05) is 13.8 Å². The molecule has 23 heavy (non-hydrogen) atoms. The fourth-order valence-corrected chi connectivity index (χ4v) is 2.79. The Balaban J connectivity index is 2.21. The van der Waals surface area contributed by atoms with E-state index in [0.717, 1.165) is 9.54 Å². The largest absolute Gasteiger partial charge is 0.340 e. The second-order valence-corrected chi connectivity index (χ2v) is 6.28. The first kappa shape index (κ1) is 15.9. The van der Waals surface area contributed by atoms with Crippen molar-refractivity contribution in [2.24, 2.45) is 0 Å². The summed E-state index contributed by atoms with van der Waals surface area (Å²) < 4.78 is 2.66. The van der Waals surface area contributed by atoms with Gasteiger partial charge in [-0.15, -0.1) is 0 Å². The third-order valence-corrected chi connectivity index (χ3v) is 4.05. The van der Waals surface area contributed by atoms with Crippen molar-refractivity contribution in [1.82, 2.24) is 28.5 Å². The summed E-state index contributed by atoms with van der Waals surface area (Å²) in [7, 11) is 0. The van der Waals surface area contributed by atoms with Gasteiger partial charge in [-0.25, -0.2) is 28.7 Å². The molecule has 9 heteroatoms. The summed E-state index contributed by atoms with van der Waals surface area (Å²) in [4.78, 5) is 29.5. The Labute approximate surface area is 142 Å². The van der Waals surface area contributed by atoms with Gasteiger partial charge in [0.05, 0.1) is 6.54 Å². The van der Waals surface area contributed by atoms with E-state index < -0.39 is 0 Å². The highest BCUT2D eigenvalue weighted by molar-refractivity contribution is 7.78. The summed E-state index contributed by atoms with van der Waals surface area (Å²) in [5, 5.41) is 0.213. The van der Waals surface area contributed by atoms with Gasteiger partial charge in [-0.3, -0.25) is 4.57 Å². The van der Waals surface area contributed by atoms with E-state index in [-0.39, 0.29) is 23.3 Å². The van der Waals surface area contributed by atoms with Crippen molar-refractivity contribution >= 4 is 35.6 Å². The average Bonchev–Trinajstić information content (AvgIpc) is 2.74. The van der Waals surface area contributed by atoms with Gasteiger partial charge >= 0.3 is 5.69 Å². The van der Waals surface area contributed by atoms with Crippen LogP contribution in [-0.4, -0.2) is 28.5 Å². The quantitative estimate of drug-likeness (QED) is 0.578. The number of aromatic nitrogens is 6. The minimum absolute atomic E-state index is 0.0893. The van der Waals surface area contributed by atoms with E-state index in [1.54, 1.807) is 19.3 Å². The molecule has 0 aliphatic carbocycles. The zero-order valence-corrected chi connectivity index (χ0v) is 14.5. The van der Waals surface area contributed by atoms with Crippen molar-refractivity contribution in [3.05, 3.63) is 45.2 Å². The van der Waals surface area contributed by atoms with Crippen LogP contribution in [0.1, 0.15) is 37.0 Å². The molecule has 0 aliphatic rings. The monoisotopic (exact) mass is 350 g/mol. The predicted octanol–water partition coefficient (Wildman–Crippen LogP) is 2.21. The zero-order valence-electron chi connectivity index (χ0n) is 12.9. The molecule has 0 radical (unpaired) electrons. The highest BCUT2D eigenvalue weighted by atomic mass is 35.5. The molecule has 3 heterocycles. The van der Waals surface area contributed by atoms with Crippen LogP contribution in [0.4, 0.5) is 0 Å². The topological polar surface area (TPSA) is 78.5 Å². The standard InChI is InChI=1S/C14H15ClN6OS/c1-7(2)12-18-11(15)10-13(19-12)20(14(22)21(10)23)6-9-4-16-8(3)17-5-9/h4-5,7,23H,6H2,1-3H3. The molecule has 120 valence electrons. The first-order chi connectivity index (χ1) is 10.9. The molecular weight excluding hydrogens is 336 g/mol. The van der Waals surface area contributed by atoms with Gasteiger partial charge in [0, 0.05) is 23.9 Å². The fraction of sp³-hybridized carbons (Fsp3) is 0.357. The summed E-state index contributed by atoms with van der Waals surface area (Å²) in [5.41, 5.74) is 1.31. The Morgan fingerprint density at radius 3 is 2.52 bits per heavy atom. The molecule has 0 aliphatic heterocycles. The molecule has 0 aromatic carbocycles. The van der Waals surface area contributed by atoms with Crippen LogP contribution >= 0.6 is 24.4 Å². The van der Waals surface area contributed by atoms with E-state index >= 15 is 0 Å². The molecule has 0 spiro atoms. The van der Waals surface area contributed by atoms with Gasteiger partial charge in [0.25, 0.3) is 0 Å². The third-order valence-electron chi connectivity index (χ3n) is 3.41. The third kappa shape index (κ3) is 2.84. The minimum atomic E-state index is -0.332. The molecule has 0 atom stereocenters. The maximum absolute atomic E-state index is 12.5. The molecule has 0 saturated carbocycles. The molecule has 0 saturated heterocycles. The number of fused-ring (bicyclic) bond motifs is 1. The van der Waals surface area contributed by atoms with Crippen LogP contribution in [-0.2, 0) is 6.54 Å². The van der Waals surface area contributed by atoms with Crippen molar-refractivity contribution in [3.63, 3.8) is 0 Å². The zero-order chi connectivity index (χ0) is 16.7. The number of thiol groups is 1. The molecule has 3 rings (SSSR count). The van der Waals surface area contributed by atoms with Crippen LogP contribution in [0.2, 0.25) is 5.15 Å². The lowest BCUT2D eigenvalue weighted by Gasteiger charge is -2.07. The molecule has 0 bridgehead atoms. The summed E-state index contributed by atoms with van der Waals surface area (Å²) >= 11 is 10.4. The maximum Gasteiger partial charge on any atom is 0.340 e. The fourth-order valence-electron chi connectivity index (χ4n) is 2.19. The Kier molecular flexibility index (Phi) is 4.11. The molecule has 7 nitrogen and oxygen atoms in total. The summed E-state index contributed by atoms with van der Waals surface area (Å²) in [6.07, 6.45) is 3.37. The second-order valence-electron chi connectivity index (χ2n) is 5.52. The summed E-state index contributed by atoms with van der Waals surface area (Å²) in [6, 6.07) is 0. The lowest BCUT2D eigenvalue weighted by molar-refractivity contribution is 0.743. The molecule has 3 aromatic rings. The van der Waals surface area contributed by atoms with E-state index in [9.17, 15) is 4.79 Å². The molecule has 0 fully saturated rings. The van der Waals surface area contributed by atoms with Crippen LogP contribution in [0.25, 0.3) is 11.2 Å². The number of halogens is 1. The van der Waals surface area contributed by atoms with Crippen LogP contribution in [0, 0.1) is 6.92 Å². The minimum Gasteiger partial charge on any atom is -0.271 e. The molecule has 3 aromatic heterocycles. The maximum atomic E-state index is 12.5. The summed E-state index contributed by atoms with van der Waals surface area (Å²) in [6.45, 7) is 6.02. The second kappa shape index (κ2) is 5.93. The Morgan fingerprint density at radius 2 is 1.91 bits per heavy atom. The van der Waals surface area contributed by atoms with E-state index in [0.29, 0.717) is 22.8 Å². The first-order valence-corrected chi connectivity index (χ1v) is 7.81. The van der Waals surface area contributed by atoms with E-state index in [1.165, 1.54) is 4.57 Å². The number of hydrogen-bond acceptors (Lipinski definition) is 6. The van der Waals surface area contributed by atoms with Crippen molar-refractivity contribution in [3.8, 4) is 0 Å². The number of nitrogens with zero attached hydrogens (tertiary/aromatic N) is 6. The van der Waals surface area contributed by atoms with Gasteiger partial charge in [-0.2, -0.15) is 0 Å². The van der Waals surface area contributed by atoms with Gasteiger partial charge in [0.15, 0.2) is 10.8 Å². The van der Waals surface area contributed by atoms with Gasteiger partial charge in [-0.05, 0) is 6.92 Å². The van der Waals surface area contributed by atoms with Crippen molar-refractivity contribution in [2.75, 3.05) is 0 Å². The van der Waals surface area contributed by atoms with Crippen LogP contribution in [0.5, 0.6) is 0 Å². The SMILES string of the molecule is Cc1ncc(Cn2c(=O)n(S)c3c(Cl)nc(C(C)C)nc32)cn1. The molecule has 0 unspecified atom stereocenters. The number of hydrogen-bond donors (Lipinski definition) is 1. The Hall–Kier alpha value is -1.93. The average molecular weight is 351 g/mol. The molecular formula is C14H15ClN6OS. The Morgan fingerprint density at radius 1 is 1.26 bits per heavy atom. The lowest BCUT2D eigenvalue weighted by atomic mass is 10.2. The number of rotatable bonds is 3. The number of imidazole rings is 1. The number of aryl methyl sites for hydroxylation is 1. The summed E-state index contributed by atoms with van der Waals surface area (Å²) in [5.74, 6) is 1.34. The van der Waals surface area contributed by atoms with Gasteiger partial charge in [0.2, 0.25) is 0 Å². The Bertz CT molecular complexity index is 931. The van der Waals surface area contributed by atoms with E-state index in [2.05, 4.69) is 32.8 Å². The van der Waals surface area contributed by atoms with Gasteiger partial charge < -0.3 is 0 Å². The van der Waals surface area contributed by atoms with Crippen molar-refractivity contribution in [2.45, 2.75) is 33.2 Å². The highest BCUT2D eigenvalue weighted by Crippen LogP contribution is 2.23. The van der Waals surface area contributed by atoms with Gasteiger partial charge in [0.1, 0.15) is 17.2 Å². The van der Waals surface area contributed by atoms with Crippen LogP contribution in [0.3, 0.4) is 0 Å². The normalized spacial score (nSPS) is 11.6. The van der Waals surface area contributed by atoms with Crippen molar-refractivity contribution < 1.29 is 0 Å². The predicted molar refractivity (Wildman–Crippen MR) is 91.1 cm³/mol. The van der Waals surface area contributed by atoms with Crippen LogP contribution < -0.4 is 5.69 Å². The lowest BCUT2D eigenvalue weighted by Crippen LogP contribution is -2.21. The van der Waals surface area contributed by atoms with Crippen LogP contribution in [0.15, 0.2) is 17.2 Å².